The minimum Gasteiger partial charge on any atom is -0.390 e. The molecule has 0 aromatic heterocycles. The number of aliphatic hydroxyl groups excluding tert-OH is 1. The second kappa shape index (κ2) is 15.6. The standard InChI is InChI=1S/C31H37ClF2N2O2/c1-2-22-9-6-11-24(14-22)20-35-21-30(37)29(18-25-16-27(33)19-28(34)17-25)36-31(38)26-12-7-10-23(15-26)8-4-3-5-13-32/h6-7,9-12,14-17,19,29-30,35,37H,2-5,8,13,18,20-21H2,1H3,(H,36,38)/t29-,30+/m0/s1. The van der Waals surface area contributed by atoms with Crippen molar-refractivity contribution in [3.05, 3.63) is 106 Å². The van der Waals surface area contributed by atoms with Gasteiger partial charge in [-0.05, 0) is 78.6 Å². The Morgan fingerprint density at radius 2 is 1.61 bits per heavy atom. The number of carbonyl (C=O) groups is 1. The molecule has 0 fully saturated rings. The van der Waals surface area contributed by atoms with Gasteiger partial charge in [-0.25, -0.2) is 8.78 Å². The summed E-state index contributed by atoms with van der Waals surface area (Å²) < 4.78 is 27.7. The molecule has 0 aliphatic heterocycles. The molecule has 2 atom stereocenters. The number of carbonyl (C=O) groups excluding carboxylic acids is 1. The zero-order valence-corrected chi connectivity index (χ0v) is 22.6. The molecule has 3 rings (SSSR count). The number of halogens is 3. The summed E-state index contributed by atoms with van der Waals surface area (Å²) in [6, 6.07) is 18.1. The molecule has 0 unspecified atom stereocenters. The number of aliphatic hydroxyl groups is 1. The van der Waals surface area contributed by atoms with E-state index in [2.05, 4.69) is 29.7 Å². The summed E-state index contributed by atoms with van der Waals surface area (Å²) in [6.07, 6.45) is 3.83. The van der Waals surface area contributed by atoms with Crippen molar-refractivity contribution >= 4 is 17.5 Å². The van der Waals surface area contributed by atoms with Gasteiger partial charge in [0, 0.05) is 30.6 Å². The molecule has 0 spiro atoms. The van der Waals surface area contributed by atoms with Crippen LogP contribution in [0.3, 0.4) is 0 Å². The first-order chi connectivity index (χ1) is 18.4. The maximum Gasteiger partial charge on any atom is 0.251 e. The smallest absolute Gasteiger partial charge is 0.251 e. The maximum atomic E-state index is 13.8. The van der Waals surface area contributed by atoms with Crippen LogP contribution in [0.5, 0.6) is 0 Å². The minimum atomic E-state index is -0.988. The molecule has 204 valence electrons. The normalized spacial score (nSPS) is 12.8. The lowest BCUT2D eigenvalue weighted by atomic mass is 9.99. The van der Waals surface area contributed by atoms with Crippen molar-refractivity contribution in [3.8, 4) is 0 Å². The third-order valence-electron chi connectivity index (χ3n) is 6.53. The predicted molar refractivity (Wildman–Crippen MR) is 150 cm³/mol. The van der Waals surface area contributed by atoms with E-state index in [4.69, 9.17) is 11.6 Å². The lowest BCUT2D eigenvalue weighted by Gasteiger charge is -2.25. The number of alkyl halides is 1. The summed E-state index contributed by atoms with van der Waals surface area (Å²) >= 11 is 5.75. The van der Waals surface area contributed by atoms with Crippen LogP contribution in [0.2, 0.25) is 0 Å². The maximum absolute atomic E-state index is 13.8. The second-order valence-electron chi connectivity index (χ2n) is 9.63. The van der Waals surface area contributed by atoms with E-state index in [0.29, 0.717) is 23.6 Å². The molecule has 0 bridgehead atoms. The number of aryl methyl sites for hydroxylation is 2. The van der Waals surface area contributed by atoms with E-state index in [9.17, 15) is 18.7 Å². The fraction of sp³-hybridized carbons (Fsp3) is 0.387. The highest BCUT2D eigenvalue weighted by molar-refractivity contribution is 6.17. The molecule has 0 aliphatic rings. The van der Waals surface area contributed by atoms with Gasteiger partial charge in [-0.2, -0.15) is 0 Å². The summed E-state index contributed by atoms with van der Waals surface area (Å²) in [6.45, 7) is 2.84. The highest BCUT2D eigenvalue weighted by atomic mass is 35.5. The summed E-state index contributed by atoms with van der Waals surface area (Å²) in [5, 5.41) is 17.2. The number of benzene rings is 3. The Bertz CT molecular complexity index is 1150. The molecule has 0 heterocycles. The van der Waals surface area contributed by atoms with Crippen LogP contribution < -0.4 is 10.6 Å². The second-order valence-corrected chi connectivity index (χ2v) is 10.0. The van der Waals surface area contributed by atoms with Crippen LogP contribution in [0.4, 0.5) is 8.78 Å². The molecule has 7 heteroatoms. The van der Waals surface area contributed by atoms with Crippen molar-refractivity contribution in [1.82, 2.24) is 10.6 Å². The van der Waals surface area contributed by atoms with Crippen molar-refractivity contribution in [1.29, 1.82) is 0 Å². The summed E-state index contributed by atoms with van der Waals surface area (Å²) in [7, 11) is 0. The van der Waals surface area contributed by atoms with E-state index in [1.807, 2.05) is 30.3 Å². The molecule has 3 aromatic rings. The van der Waals surface area contributed by atoms with E-state index >= 15 is 0 Å². The lowest BCUT2D eigenvalue weighted by molar-refractivity contribution is 0.0829. The molecule has 0 radical (unpaired) electrons. The van der Waals surface area contributed by atoms with Gasteiger partial charge in [0.2, 0.25) is 0 Å². The minimum absolute atomic E-state index is 0.0761. The Labute approximate surface area is 229 Å². The van der Waals surface area contributed by atoms with Crippen LogP contribution in [0.25, 0.3) is 0 Å². The third-order valence-corrected chi connectivity index (χ3v) is 6.80. The molecule has 1 amide bonds. The van der Waals surface area contributed by atoms with Crippen molar-refractivity contribution < 1.29 is 18.7 Å². The van der Waals surface area contributed by atoms with Gasteiger partial charge >= 0.3 is 0 Å². The largest absolute Gasteiger partial charge is 0.390 e. The van der Waals surface area contributed by atoms with E-state index in [0.717, 1.165) is 49.3 Å². The van der Waals surface area contributed by atoms with Gasteiger partial charge in [0.15, 0.2) is 0 Å². The van der Waals surface area contributed by atoms with Crippen LogP contribution in [-0.2, 0) is 25.8 Å². The summed E-state index contributed by atoms with van der Waals surface area (Å²) in [4.78, 5) is 13.2. The van der Waals surface area contributed by atoms with Crippen molar-refractivity contribution in [2.75, 3.05) is 12.4 Å². The van der Waals surface area contributed by atoms with Gasteiger partial charge in [-0.3, -0.25) is 4.79 Å². The van der Waals surface area contributed by atoms with Gasteiger partial charge < -0.3 is 15.7 Å². The zero-order chi connectivity index (χ0) is 27.3. The monoisotopic (exact) mass is 542 g/mol. The molecule has 4 nitrogen and oxygen atoms in total. The Morgan fingerprint density at radius 1 is 0.895 bits per heavy atom. The van der Waals surface area contributed by atoms with Crippen LogP contribution in [0.1, 0.15) is 58.8 Å². The van der Waals surface area contributed by atoms with Crippen molar-refractivity contribution in [2.24, 2.45) is 0 Å². The quantitative estimate of drug-likeness (QED) is 0.164. The van der Waals surface area contributed by atoms with Gasteiger partial charge in [-0.1, -0.05) is 49.7 Å². The topological polar surface area (TPSA) is 61.4 Å². The number of rotatable bonds is 15. The number of amides is 1. The molecule has 0 aliphatic carbocycles. The highest BCUT2D eigenvalue weighted by Gasteiger charge is 2.23. The van der Waals surface area contributed by atoms with Crippen LogP contribution in [0.15, 0.2) is 66.7 Å². The molecule has 0 saturated carbocycles. The zero-order valence-electron chi connectivity index (χ0n) is 21.9. The van der Waals surface area contributed by atoms with E-state index in [1.54, 1.807) is 6.07 Å². The first kappa shape index (κ1) is 29.8. The fourth-order valence-corrected chi connectivity index (χ4v) is 4.64. The van der Waals surface area contributed by atoms with E-state index in [-0.39, 0.29) is 18.9 Å². The summed E-state index contributed by atoms with van der Waals surface area (Å²) in [5.74, 6) is -1.10. The van der Waals surface area contributed by atoms with Gasteiger partial charge in [0.05, 0.1) is 12.1 Å². The van der Waals surface area contributed by atoms with Gasteiger partial charge in [0.25, 0.3) is 5.91 Å². The SMILES string of the molecule is CCc1cccc(CNC[C@@H](O)[C@H](Cc2cc(F)cc(F)c2)NC(=O)c2cccc(CCCCCCl)c2)c1. The molecular weight excluding hydrogens is 506 g/mol. The van der Waals surface area contributed by atoms with Crippen LogP contribution >= 0.6 is 11.6 Å². The van der Waals surface area contributed by atoms with Crippen molar-refractivity contribution in [3.63, 3.8) is 0 Å². The Morgan fingerprint density at radius 3 is 2.34 bits per heavy atom. The highest BCUT2D eigenvalue weighted by Crippen LogP contribution is 2.15. The lowest BCUT2D eigenvalue weighted by Crippen LogP contribution is -2.48. The van der Waals surface area contributed by atoms with E-state index in [1.165, 1.54) is 17.7 Å². The van der Waals surface area contributed by atoms with Gasteiger partial charge in [-0.15, -0.1) is 11.6 Å². The number of unbranched alkanes of at least 4 members (excludes halogenated alkanes) is 2. The Balaban J connectivity index is 1.69. The van der Waals surface area contributed by atoms with Crippen molar-refractivity contribution in [2.45, 2.75) is 64.1 Å². The number of hydrogen-bond acceptors (Lipinski definition) is 3. The first-order valence-corrected chi connectivity index (χ1v) is 13.8. The predicted octanol–water partition coefficient (Wildman–Crippen LogP) is 5.97. The average Bonchev–Trinajstić information content (AvgIpc) is 2.90. The Hall–Kier alpha value is -2.80. The molecule has 3 aromatic carbocycles. The Kier molecular flexibility index (Phi) is 12.2. The summed E-state index contributed by atoms with van der Waals surface area (Å²) in [5.41, 5.74) is 4.20. The average molecular weight is 543 g/mol. The third kappa shape index (κ3) is 9.82. The van der Waals surface area contributed by atoms with Crippen LogP contribution in [-0.4, -0.2) is 35.6 Å². The first-order valence-electron chi connectivity index (χ1n) is 13.2. The fourth-order valence-electron chi connectivity index (χ4n) is 4.45. The molecule has 0 saturated heterocycles. The number of nitrogens with one attached hydrogen (secondary N) is 2. The molecule has 38 heavy (non-hydrogen) atoms. The van der Waals surface area contributed by atoms with Gasteiger partial charge in [0.1, 0.15) is 11.6 Å². The molecule has 3 N–H and O–H groups in total. The van der Waals surface area contributed by atoms with E-state index < -0.39 is 23.8 Å². The number of hydrogen-bond donors (Lipinski definition) is 3. The molecular formula is C31H37ClF2N2O2. The van der Waals surface area contributed by atoms with Crippen LogP contribution in [0, 0.1) is 11.6 Å².